The minimum absolute atomic E-state index is 0.00917. The standard InChI is InChI=1S/C23H27N3O4S/c1-23(2,3)25-21(28)20(15-6-5-11-24-13-15)26(17-7-9-18(30-4)10-8-17)22(29)16-12-19(27)31-14-16/h5-11,13,16,20H,12,14H2,1-4H3,(H,25,28). The molecule has 2 heterocycles. The lowest BCUT2D eigenvalue weighted by Crippen LogP contribution is -2.50. The number of anilines is 1. The number of rotatable bonds is 6. The Morgan fingerprint density at radius 2 is 1.94 bits per heavy atom. The highest BCUT2D eigenvalue weighted by Gasteiger charge is 2.40. The highest BCUT2D eigenvalue weighted by Crippen LogP contribution is 2.35. The number of ether oxygens (including phenoxy) is 1. The van der Waals surface area contributed by atoms with Gasteiger partial charge in [0.15, 0.2) is 5.12 Å². The van der Waals surface area contributed by atoms with Gasteiger partial charge in [0.2, 0.25) is 11.8 Å². The number of nitrogens with zero attached hydrogens (tertiary/aromatic N) is 2. The third kappa shape index (κ3) is 5.64. The van der Waals surface area contributed by atoms with Crippen LogP contribution < -0.4 is 15.0 Å². The van der Waals surface area contributed by atoms with Crippen LogP contribution >= 0.6 is 11.8 Å². The van der Waals surface area contributed by atoms with Crippen LogP contribution in [0.1, 0.15) is 38.8 Å². The Balaban J connectivity index is 2.10. The van der Waals surface area contributed by atoms with Gasteiger partial charge >= 0.3 is 0 Å². The predicted molar refractivity (Wildman–Crippen MR) is 121 cm³/mol. The Morgan fingerprint density at radius 1 is 1.23 bits per heavy atom. The van der Waals surface area contributed by atoms with Crippen LogP contribution in [0.4, 0.5) is 5.69 Å². The lowest BCUT2D eigenvalue weighted by Gasteiger charge is -2.35. The van der Waals surface area contributed by atoms with Crippen molar-refractivity contribution in [1.29, 1.82) is 0 Å². The number of hydrogen-bond donors (Lipinski definition) is 1. The predicted octanol–water partition coefficient (Wildman–Crippen LogP) is 3.36. The first-order chi connectivity index (χ1) is 14.7. The molecule has 0 radical (unpaired) electrons. The van der Waals surface area contributed by atoms with Gasteiger partial charge in [0.25, 0.3) is 0 Å². The molecule has 1 aromatic heterocycles. The van der Waals surface area contributed by atoms with Crippen molar-refractivity contribution in [3.63, 3.8) is 0 Å². The summed E-state index contributed by atoms with van der Waals surface area (Å²) in [6.45, 7) is 5.66. The zero-order valence-electron chi connectivity index (χ0n) is 18.1. The number of methoxy groups -OCH3 is 1. The maximum absolute atomic E-state index is 13.7. The van der Waals surface area contributed by atoms with E-state index in [4.69, 9.17) is 4.74 Å². The largest absolute Gasteiger partial charge is 0.497 e. The molecule has 3 rings (SSSR count). The van der Waals surface area contributed by atoms with E-state index in [0.29, 0.717) is 22.8 Å². The maximum atomic E-state index is 13.7. The number of aromatic nitrogens is 1. The molecule has 7 nitrogen and oxygen atoms in total. The topological polar surface area (TPSA) is 88.6 Å². The molecule has 31 heavy (non-hydrogen) atoms. The molecule has 1 aromatic carbocycles. The monoisotopic (exact) mass is 441 g/mol. The summed E-state index contributed by atoms with van der Waals surface area (Å²) >= 11 is 1.16. The van der Waals surface area contributed by atoms with Gasteiger partial charge in [-0.1, -0.05) is 17.8 Å². The van der Waals surface area contributed by atoms with Crippen molar-refractivity contribution in [2.45, 2.75) is 38.8 Å². The number of pyridine rings is 1. The molecule has 1 aliphatic heterocycles. The van der Waals surface area contributed by atoms with Gasteiger partial charge in [-0.15, -0.1) is 0 Å². The van der Waals surface area contributed by atoms with Crippen LogP contribution in [0.25, 0.3) is 0 Å². The molecule has 1 aliphatic rings. The van der Waals surface area contributed by atoms with Crippen molar-refractivity contribution >= 4 is 34.4 Å². The van der Waals surface area contributed by atoms with E-state index >= 15 is 0 Å². The van der Waals surface area contributed by atoms with E-state index < -0.39 is 17.5 Å². The molecule has 0 spiro atoms. The van der Waals surface area contributed by atoms with Crippen molar-refractivity contribution in [1.82, 2.24) is 10.3 Å². The van der Waals surface area contributed by atoms with E-state index in [-0.39, 0.29) is 23.4 Å². The molecule has 0 aliphatic carbocycles. The van der Waals surface area contributed by atoms with Crippen LogP contribution in [0.3, 0.4) is 0 Å². The molecule has 164 valence electrons. The summed E-state index contributed by atoms with van der Waals surface area (Å²) in [4.78, 5) is 44.6. The van der Waals surface area contributed by atoms with Crippen molar-refractivity contribution < 1.29 is 19.1 Å². The Labute approximate surface area is 186 Å². The van der Waals surface area contributed by atoms with E-state index in [1.807, 2.05) is 20.8 Å². The van der Waals surface area contributed by atoms with E-state index in [9.17, 15) is 14.4 Å². The molecule has 2 amide bonds. The van der Waals surface area contributed by atoms with Crippen LogP contribution in [0, 0.1) is 5.92 Å². The number of thioether (sulfide) groups is 1. The van der Waals surface area contributed by atoms with Gasteiger partial charge in [-0.05, 0) is 51.1 Å². The zero-order valence-corrected chi connectivity index (χ0v) is 18.9. The summed E-state index contributed by atoms with van der Waals surface area (Å²) in [6, 6.07) is 9.55. The van der Waals surface area contributed by atoms with Gasteiger partial charge in [0, 0.05) is 41.4 Å². The third-order valence-electron chi connectivity index (χ3n) is 4.80. The second-order valence-electron chi connectivity index (χ2n) is 8.42. The van der Waals surface area contributed by atoms with Gasteiger partial charge in [0.05, 0.1) is 13.0 Å². The molecule has 1 N–H and O–H groups in total. The van der Waals surface area contributed by atoms with Gasteiger partial charge in [0.1, 0.15) is 11.8 Å². The summed E-state index contributed by atoms with van der Waals surface area (Å²) in [6.07, 6.45) is 3.37. The number of amides is 2. The van der Waals surface area contributed by atoms with Crippen molar-refractivity contribution in [3.05, 3.63) is 54.4 Å². The number of benzene rings is 1. The quantitative estimate of drug-likeness (QED) is 0.740. The average Bonchev–Trinajstić information content (AvgIpc) is 3.17. The molecule has 8 heteroatoms. The maximum Gasteiger partial charge on any atom is 0.248 e. The van der Waals surface area contributed by atoms with Gasteiger partial charge in [-0.25, -0.2) is 0 Å². The summed E-state index contributed by atoms with van der Waals surface area (Å²) in [5, 5.41) is 2.98. The highest BCUT2D eigenvalue weighted by atomic mass is 32.2. The normalized spacial score (nSPS) is 17.2. The number of carbonyl (C=O) groups is 3. The first-order valence-corrected chi connectivity index (χ1v) is 11.0. The minimum atomic E-state index is -0.936. The second kappa shape index (κ2) is 9.51. The van der Waals surface area contributed by atoms with Gasteiger partial charge in [-0.3, -0.25) is 24.3 Å². The molecule has 1 fully saturated rings. The minimum Gasteiger partial charge on any atom is -0.497 e. The van der Waals surface area contributed by atoms with Crippen LogP contribution in [0.2, 0.25) is 0 Å². The van der Waals surface area contributed by atoms with E-state index in [1.54, 1.807) is 55.9 Å². The highest BCUT2D eigenvalue weighted by molar-refractivity contribution is 8.14. The Bertz CT molecular complexity index is 942. The molecule has 2 atom stereocenters. The lowest BCUT2D eigenvalue weighted by molar-refractivity contribution is -0.129. The summed E-state index contributed by atoms with van der Waals surface area (Å²) in [5.74, 6) is -0.0190. The average molecular weight is 442 g/mol. The number of carbonyl (C=O) groups excluding carboxylic acids is 3. The lowest BCUT2D eigenvalue weighted by atomic mass is 9.99. The first kappa shape index (κ1) is 22.8. The number of nitrogens with one attached hydrogen (secondary N) is 1. The SMILES string of the molecule is COc1ccc(N(C(=O)C2CSC(=O)C2)C(C(=O)NC(C)(C)C)c2cccnc2)cc1. The Hall–Kier alpha value is -2.87. The van der Waals surface area contributed by atoms with E-state index in [2.05, 4.69) is 10.3 Å². The van der Waals surface area contributed by atoms with Crippen molar-refractivity contribution in [2.75, 3.05) is 17.8 Å². The molecule has 0 saturated carbocycles. The fourth-order valence-corrected chi connectivity index (χ4v) is 4.37. The fraction of sp³-hybridized carbons (Fsp3) is 0.391. The summed E-state index contributed by atoms with van der Waals surface area (Å²) in [7, 11) is 1.56. The second-order valence-corrected chi connectivity index (χ2v) is 9.50. The van der Waals surface area contributed by atoms with Crippen LogP contribution in [-0.4, -0.2) is 40.3 Å². The van der Waals surface area contributed by atoms with Gasteiger partial charge < -0.3 is 10.1 Å². The van der Waals surface area contributed by atoms with Crippen molar-refractivity contribution in [3.8, 4) is 5.75 Å². The van der Waals surface area contributed by atoms with Crippen LogP contribution in [-0.2, 0) is 14.4 Å². The molecular weight excluding hydrogens is 414 g/mol. The molecular formula is C23H27N3O4S. The first-order valence-electron chi connectivity index (χ1n) is 10.0. The molecule has 1 saturated heterocycles. The van der Waals surface area contributed by atoms with E-state index in [1.165, 1.54) is 4.90 Å². The summed E-state index contributed by atoms with van der Waals surface area (Å²) < 4.78 is 5.24. The fourth-order valence-electron chi connectivity index (χ4n) is 3.41. The molecule has 0 bridgehead atoms. The van der Waals surface area contributed by atoms with Crippen LogP contribution in [0.15, 0.2) is 48.8 Å². The Kier molecular flexibility index (Phi) is 7.00. The molecule has 2 aromatic rings. The summed E-state index contributed by atoms with van der Waals surface area (Å²) in [5.41, 5.74) is 0.643. The number of hydrogen-bond acceptors (Lipinski definition) is 6. The van der Waals surface area contributed by atoms with Crippen LogP contribution in [0.5, 0.6) is 5.75 Å². The van der Waals surface area contributed by atoms with Gasteiger partial charge in [-0.2, -0.15) is 0 Å². The van der Waals surface area contributed by atoms with Crippen molar-refractivity contribution in [2.24, 2.45) is 5.92 Å². The Morgan fingerprint density at radius 3 is 2.45 bits per heavy atom. The zero-order chi connectivity index (χ0) is 22.6. The smallest absolute Gasteiger partial charge is 0.248 e. The molecule has 2 unspecified atom stereocenters. The van der Waals surface area contributed by atoms with E-state index in [0.717, 1.165) is 11.8 Å². The third-order valence-corrected chi connectivity index (χ3v) is 5.86.